The molecule has 3 aromatic rings. The van der Waals surface area contributed by atoms with Crippen molar-refractivity contribution in [3.8, 4) is 5.75 Å². The van der Waals surface area contributed by atoms with Gasteiger partial charge in [0.1, 0.15) is 12.4 Å². The summed E-state index contributed by atoms with van der Waals surface area (Å²) in [5.41, 5.74) is 4.26. The molecule has 13 heteroatoms. The van der Waals surface area contributed by atoms with E-state index in [-0.39, 0.29) is 16.2 Å². The lowest BCUT2D eigenvalue weighted by atomic mass is 10.1. The van der Waals surface area contributed by atoms with Gasteiger partial charge in [0.15, 0.2) is 5.11 Å². The molecular weight excluding hydrogens is 478 g/mol. The highest BCUT2D eigenvalue weighted by molar-refractivity contribution is 7.80. The molecule has 0 aliphatic carbocycles. The zero-order valence-electron chi connectivity index (χ0n) is 17.8. The number of amides is 2. The van der Waals surface area contributed by atoms with Crippen LogP contribution in [0.15, 0.2) is 72.8 Å². The summed E-state index contributed by atoms with van der Waals surface area (Å²) in [5, 5.41) is 23.8. The van der Waals surface area contributed by atoms with Gasteiger partial charge in [0.2, 0.25) is 0 Å². The first-order chi connectivity index (χ1) is 16.7. The first-order valence-electron chi connectivity index (χ1n) is 9.85. The Morgan fingerprint density at radius 2 is 1.40 bits per heavy atom. The summed E-state index contributed by atoms with van der Waals surface area (Å²) in [6, 6.07) is 18.3. The number of nitrogens with one attached hydrogen (secondary N) is 3. The van der Waals surface area contributed by atoms with Gasteiger partial charge in [-0.1, -0.05) is 30.3 Å². The Bertz CT molecular complexity index is 1250. The quantitative estimate of drug-likeness (QED) is 0.254. The smallest absolute Gasteiger partial charge is 0.277 e. The lowest BCUT2D eigenvalue weighted by Gasteiger charge is -2.11. The van der Waals surface area contributed by atoms with E-state index in [0.717, 1.165) is 23.8 Å². The average Bonchev–Trinajstić information content (AvgIpc) is 2.86. The van der Waals surface area contributed by atoms with Gasteiger partial charge in [-0.25, -0.2) is 0 Å². The lowest BCUT2D eigenvalue weighted by molar-refractivity contribution is -0.394. The van der Waals surface area contributed by atoms with Crippen LogP contribution in [-0.4, -0.2) is 26.8 Å². The van der Waals surface area contributed by atoms with E-state index in [0.29, 0.717) is 12.4 Å². The van der Waals surface area contributed by atoms with Crippen molar-refractivity contribution in [3.05, 3.63) is 110 Å². The van der Waals surface area contributed by atoms with E-state index in [9.17, 15) is 29.8 Å². The number of ether oxygens (including phenoxy) is 1. The molecule has 3 aromatic carbocycles. The predicted octanol–water partition coefficient (Wildman–Crippen LogP) is 3.03. The van der Waals surface area contributed by atoms with Crippen molar-refractivity contribution >= 4 is 40.5 Å². The summed E-state index contributed by atoms with van der Waals surface area (Å²) in [4.78, 5) is 44.8. The zero-order valence-corrected chi connectivity index (χ0v) is 18.6. The second-order valence-electron chi connectivity index (χ2n) is 6.91. The molecule has 35 heavy (non-hydrogen) atoms. The van der Waals surface area contributed by atoms with Crippen molar-refractivity contribution in [1.82, 2.24) is 16.2 Å². The number of carbonyl (C=O) groups excluding carboxylic acids is 2. The number of hydrazine groups is 1. The molecule has 0 bridgehead atoms. The SMILES string of the molecule is O=C(NNC(=S)NC(=O)c1cc([N+](=O)[O-])cc([N+](=O)[O-])c1)c1ccc(OCc2ccccc2)cc1. The van der Waals surface area contributed by atoms with Crippen LogP contribution in [0.2, 0.25) is 0 Å². The van der Waals surface area contributed by atoms with Crippen LogP contribution < -0.4 is 20.9 Å². The number of benzene rings is 3. The molecule has 0 radical (unpaired) electrons. The minimum atomic E-state index is -0.941. The van der Waals surface area contributed by atoms with Gasteiger partial charge in [-0.3, -0.25) is 46.0 Å². The average molecular weight is 495 g/mol. The lowest BCUT2D eigenvalue weighted by Crippen LogP contribution is -2.48. The highest BCUT2D eigenvalue weighted by Crippen LogP contribution is 2.22. The third-order valence-electron chi connectivity index (χ3n) is 4.47. The Morgan fingerprint density at radius 3 is 1.97 bits per heavy atom. The van der Waals surface area contributed by atoms with Crippen molar-refractivity contribution in [2.24, 2.45) is 0 Å². The van der Waals surface area contributed by atoms with Crippen molar-refractivity contribution in [3.63, 3.8) is 0 Å². The third kappa shape index (κ3) is 7.03. The molecule has 0 aromatic heterocycles. The number of rotatable bonds is 7. The van der Waals surface area contributed by atoms with E-state index in [4.69, 9.17) is 17.0 Å². The van der Waals surface area contributed by atoms with Crippen molar-refractivity contribution in [2.75, 3.05) is 0 Å². The minimum absolute atomic E-state index is 0.271. The Labute approximate surface area is 203 Å². The topological polar surface area (TPSA) is 166 Å². The number of nitro groups is 2. The van der Waals surface area contributed by atoms with E-state index in [1.807, 2.05) is 30.3 Å². The molecule has 3 rings (SSSR count). The Balaban J connectivity index is 1.53. The molecule has 0 aliphatic heterocycles. The van der Waals surface area contributed by atoms with Crippen LogP contribution in [-0.2, 0) is 6.61 Å². The maximum absolute atomic E-state index is 12.3. The third-order valence-corrected chi connectivity index (χ3v) is 4.67. The molecule has 12 nitrogen and oxygen atoms in total. The zero-order chi connectivity index (χ0) is 25.4. The molecule has 0 spiro atoms. The summed E-state index contributed by atoms with van der Waals surface area (Å²) in [6.45, 7) is 0.371. The van der Waals surface area contributed by atoms with Gasteiger partial charge in [-0.05, 0) is 42.0 Å². The molecule has 0 heterocycles. The standard InChI is InChI=1S/C22H17N5O7S/c28-20(16-10-17(26(30)31)12-18(11-16)27(32)33)23-22(35)25-24-21(29)15-6-8-19(9-7-15)34-13-14-4-2-1-3-5-14/h1-12H,13H2,(H,24,29)(H2,23,25,28,35). The number of hydrogen-bond donors (Lipinski definition) is 3. The fourth-order valence-corrected chi connectivity index (χ4v) is 2.92. The Kier molecular flexibility index (Phi) is 7.98. The number of hydrogen-bond acceptors (Lipinski definition) is 8. The fourth-order valence-electron chi connectivity index (χ4n) is 2.77. The second kappa shape index (κ2) is 11.3. The molecule has 2 amide bonds. The second-order valence-corrected chi connectivity index (χ2v) is 7.32. The molecule has 178 valence electrons. The van der Waals surface area contributed by atoms with Gasteiger partial charge < -0.3 is 4.74 Å². The first kappa shape index (κ1) is 24.7. The van der Waals surface area contributed by atoms with E-state index >= 15 is 0 Å². The van der Waals surface area contributed by atoms with E-state index in [1.54, 1.807) is 12.1 Å². The minimum Gasteiger partial charge on any atom is -0.489 e. The first-order valence-corrected chi connectivity index (χ1v) is 10.3. The molecule has 0 atom stereocenters. The van der Waals surface area contributed by atoms with Crippen molar-refractivity contribution in [2.45, 2.75) is 6.61 Å². The molecule has 0 unspecified atom stereocenters. The van der Waals surface area contributed by atoms with E-state index in [2.05, 4.69) is 16.2 Å². The summed E-state index contributed by atoms with van der Waals surface area (Å²) in [5.74, 6) is -0.946. The highest BCUT2D eigenvalue weighted by Gasteiger charge is 2.20. The van der Waals surface area contributed by atoms with Crippen LogP contribution in [0.4, 0.5) is 11.4 Å². The van der Waals surface area contributed by atoms with Gasteiger partial charge >= 0.3 is 0 Å². The van der Waals surface area contributed by atoms with Gasteiger partial charge in [-0.15, -0.1) is 0 Å². The van der Waals surface area contributed by atoms with Crippen LogP contribution in [0.1, 0.15) is 26.3 Å². The van der Waals surface area contributed by atoms with Crippen LogP contribution in [0.25, 0.3) is 0 Å². The van der Waals surface area contributed by atoms with Crippen molar-refractivity contribution in [1.29, 1.82) is 0 Å². The Hall–Kier alpha value is -4.91. The molecule has 0 fully saturated rings. The molecule has 0 saturated heterocycles. The van der Waals surface area contributed by atoms with E-state index < -0.39 is 33.0 Å². The molecule has 0 aliphatic rings. The molecule has 0 saturated carbocycles. The summed E-state index contributed by atoms with van der Waals surface area (Å²) in [7, 11) is 0. The van der Waals surface area contributed by atoms with Gasteiger partial charge in [0.25, 0.3) is 23.2 Å². The monoisotopic (exact) mass is 495 g/mol. The number of thiocarbonyl (C=S) groups is 1. The van der Waals surface area contributed by atoms with E-state index in [1.165, 1.54) is 12.1 Å². The number of nitrogens with zero attached hydrogens (tertiary/aromatic N) is 2. The maximum atomic E-state index is 12.3. The van der Waals surface area contributed by atoms with Gasteiger partial charge in [-0.2, -0.15) is 0 Å². The maximum Gasteiger partial charge on any atom is 0.277 e. The summed E-state index contributed by atoms with van der Waals surface area (Å²) < 4.78 is 5.66. The predicted molar refractivity (Wildman–Crippen MR) is 128 cm³/mol. The largest absolute Gasteiger partial charge is 0.489 e. The summed E-state index contributed by atoms with van der Waals surface area (Å²) >= 11 is 4.92. The highest BCUT2D eigenvalue weighted by atomic mass is 32.1. The molecule has 3 N–H and O–H groups in total. The fraction of sp³-hybridized carbons (Fsp3) is 0.0455. The number of non-ortho nitro benzene ring substituents is 2. The molecular formula is C22H17N5O7S. The number of nitro benzene ring substituents is 2. The summed E-state index contributed by atoms with van der Waals surface area (Å²) in [6.07, 6.45) is 0. The van der Waals surface area contributed by atoms with Crippen LogP contribution in [0.3, 0.4) is 0 Å². The van der Waals surface area contributed by atoms with Crippen molar-refractivity contribution < 1.29 is 24.2 Å². The number of carbonyl (C=O) groups is 2. The van der Waals surface area contributed by atoms with Crippen LogP contribution in [0, 0.1) is 20.2 Å². The van der Waals surface area contributed by atoms with Crippen LogP contribution >= 0.6 is 12.2 Å². The van der Waals surface area contributed by atoms with Gasteiger partial charge in [0, 0.05) is 17.7 Å². The van der Waals surface area contributed by atoms with Gasteiger partial charge in [0.05, 0.1) is 21.5 Å². The Morgan fingerprint density at radius 1 is 0.800 bits per heavy atom. The normalized spacial score (nSPS) is 10.1. The van der Waals surface area contributed by atoms with Crippen LogP contribution in [0.5, 0.6) is 5.75 Å².